The zero-order valence-corrected chi connectivity index (χ0v) is 14.5. The van der Waals surface area contributed by atoms with Gasteiger partial charge < -0.3 is 9.14 Å². The third kappa shape index (κ3) is 2.79. The van der Waals surface area contributed by atoms with Gasteiger partial charge in [-0.25, -0.2) is 19.9 Å². The van der Waals surface area contributed by atoms with Crippen molar-refractivity contribution in [1.29, 1.82) is 0 Å². The molecule has 1 aliphatic heterocycles. The Morgan fingerprint density at radius 1 is 1.07 bits per heavy atom. The molecule has 5 rings (SSSR count). The van der Waals surface area contributed by atoms with E-state index in [0.717, 1.165) is 28.3 Å². The van der Waals surface area contributed by atoms with Gasteiger partial charge in [-0.3, -0.25) is 10.4 Å². The lowest BCUT2D eigenvalue weighted by Crippen LogP contribution is -2.35. The van der Waals surface area contributed by atoms with Gasteiger partial charge in [-0.15, -0.1) is 5.53 Å². The molecule has 9 nitrogen and oxygen atoms in total. The molecule has 9 heteroatoms. The summed E-state index contributed by atoms with van der Waals surface area (Å²) in [6.07, 6.45) is 9.20. The molecule has 0 fully saturated rings. The fraction of sp³-hybridized carbons (Fsp3) is 0.111. The zero-order valence-electron chi connectivity index (χ0n) is 14.5. The summed E-state index contributed by atoms with van der Waals surface area (Å²) >= 11 is 0. The molecule has 4 aromatic heterocycles. The highest BCUT2D eigenvalue weighted by Crippen LogP contribution is 2.29. The first-order valence-electron chi connectivity index (χ1n) is 8.38. The van der Waals surface area contributed by atoms with Crippen molar-refractivity contribution >= 4 is 17.3 Å². The fourth-order valence-corrected chi connectivity index (χ4v) is 2.98. The summed E-state index contributed by atoms with van der Waals surface area (Å²) in [5.74, 6) is 1.98. The number of hydrogen-bond donors (Lipinski definition) is 2. The minimum atomic E-state index is 0.563. The number of fused-ring (bicyclic) bond motifs is 2. The summed E-state index contributed by atoms with van der Waals surface area (Å²) in [4.78, 5) is 17.7. The number of nitrogens with one attached hydrogen (secondary N) is 2. The lowest BCUT2D eigenvalue weighted by atomic mass is 10.2. The summed E-state index contributed by atoms with van der Waals surface area (Å²) in [7, 11) is 1.59. The monoisotopic (exact) mass is 360 g/mol. The maximum absolute atomic E-state index is 5.11. The van der Waals surface area contributed by atoms with Crippen LogP contribution in [-0.4, -0.2) is 31.4 Å². The molecular formula is C18H16N8O. The van der Waals surface area contributed by atoms with Crippen LogP contribution in [0.25, 0.3) is 16.9 Å². The average Bonchev–Trinajstić information content (AvgIpc) is 3.34. The SMILES string of the molecule is COc1ccc(-c2cnc3c(n2)N(Cc2ccc4nccn4c2)NN3)cn1. The maximum Gasteiger partial charge on any atom is 0.212 e. The molecule has 0 saturated carbocycles. The van der Waals surface area contributed by atoms with E-state index < -0.39 is 0 Å². The highest BCUT2D eigenvalue weighted by atomic mass is 16.5. The maximum atomic E-state index is 5.11. The molecule has 0 spiro atoms. The Balaban J connectivity index is 1.44. The number of methoxy groups -OCH3 is 1. The lowest BCUT2D eigenvalue weighted by Gasteiger charge is -2.17. The first-order chi connectivity index (χ1) is 13.3. The van der Waals surface area contributed by atoms with E-state index in [4.69, 9.17) is 9.72 Å². The van der Waals surface area contributed by atoms with Crippen LogP contribution in [0.3, 0.4) is 0 Å². The predicted octanol–water partition coefficient (Wildman–Crippen LogP) is 2.05. The van der Waals surface area contributed by atoms with Gasteiger partial charge in [-0.1, -0.05) is 6.07 Å². The largest absolute Gasteiger partial charge is 0.481 e. The van der Waals surface area contributed by atoms with Gasteiger partial charge in [0.25, 0.3) is 0 Å². The molecule has 0 atom stereocenters. The molecule has 0 aromatic carbocycles. The highest BCUT2D eigenvalue weighted by Gasteiger charge is 2.22. The quantitative estimate of drug-likeness (QED) is 0.571. The average molecular weight is 360 g/mol. The number of hydrazine groups is 2. The van der Waals surface area contributed by atoms with Crippen LogP contribution in [0.2, 0.25) is 0 Å². The van der Waals surface area contributed by atoms with E-state index in [0.29, 0.717) is 18.2 Å². The predicted molar refractivity (Wildman–Crippen MR) is 99.9 cm³/mol. The van der Waals surface area contributed by atoms with E-state index >= 15 is 0 Å². The number of aromatic nitrogens is 5. The van der Waals surface area contributed by atoms with Crippen molar-refractivity contribution in [2.24, 2.45) is 0 Å². The third-order valence-electron chi connectivity index (χ3n) is 4.35. The van der Waals surface area contributed by atoms with E-state index in [-0.39, 0.29) is 0 Å². The summed E-state index contributed by atoms with van der Waals surface area (Å²) in [5.41, 5.74) is 9.80. The van der Waals surface area contributed by atoms with E-state index in [1.165, 1.54) is 0 Å². The van der Waals surface area contributed by atoms with E-state index in [9.17, 15) is 0 Å². The molecule has 0 unspecified atom stereocenters. The molecule has 134 valence electrons. The summed E-state index contributed by atoms with van der Waals surface area (Å²) in [6, 6.07) is 7.76. The van der Waals surface area contributed by atoms with Crippen molar-refractivity contribution < 1.29 is 4.74 Å². The molecule has 4 aromatic rings. The Bertz CT molecular complexity index is 1110. The molecule has 0 amide bonds. The molecule has 0 aliphatic carbocycles. The number of ether oxygens (including phenoxy) is 1. The smallest absolute Gasteiger partial charge is 0.212 e. The van der Waals surface area contributed by atoms with Crippen LogP contribution < -0.4 is 20.7 Å². The van der Waals surface area contributed by atoms with E-state index in [1.807, 2.05) is 40.0 Å². The van der Waals surface area contributed by atoms with Crippen molar-refractivity contribution in [3.8, 4) is 17.1 Å². The van der Waals surface area contributed by atoms with Crippen LogP contribution in [-0.2, 0) is 6.54 Å². The molecular weight excluding hydrogens is 344 g/mol. The van der Waals surface area contributed by atoms with Crippen molar-refractivity contribution in [3.63, 3.8) is 0 Å². The molecule has 1 aliphatic rings. The van der Waals surface area contributed by atoms with Crippen LogP contribution in [0.5, 0.6) is 5.88 Å². The Morgan fingerprint density at radius 3 is 2.89 bits per heavy atom. The Kier molecular flexibility index (Phi) is 3.58. The summed E-state index contributed by atoms with van der Waals surface area (Å²) in [5, 5.41) is 1.92. The molecule has 0 radical (unpaired) electrons. The molecule has 5 heterocycles. The van der Waals surface area contributed by atoms with Crippen molar-refractivity contribution in [3.05, 3.63) is 60.8 Å². The van der Waals surface area contributed by atoms with Crippen LogP contribution in [0, 0.1) is 0 Å². The van der Waals surface area contributed by atoms with Gasteiger partial charge in [0.2, 0.25) is 5.88 Å². The first-order valence-corrected chi connectivity index (χ1v) is 8.38. The molecule has 27 heavy (non-hydrogen) atoms. The summed E-state index contributed by atoms with van der Waals surface area (Å²) < 4.78 is 7.10. The second-order valence-electron chi connectivity index (χ2n) is 6.07. The van der Waals surface area contributed by atoms with Gasteiger partial charge in [0.15, 0.2) is 11.6 Å². The van der Waals surface area contributed by atoms with Gasteiger partial charge in [-0.05, 0) is 17.7 Å². The van der Waals surface area contributed by atoms with Crippen LogP contribution in [0.1, 0.15) is 5.56 Å². The number of rotatable bonds is 4. The zero-order chi connectivity index (χ0) is 18.2. The number of imidazole rings is 1. The van der Waals surface area contributed by atoms with Gasteiger partial charge in [0.1, 0.15) is 5.65 Å². The van der Waals surface area contributed by atoms with Crippen LogP contribution >= 0.6 is 0 Å². The minimum absolute atomic E-state index is 0.563. The topological polar surface area (TPSA) is 92.5 Å². The molecule has 0 bridgehead atoms. The second kappa shape index (κ2) is 6.22. The number of anilines is 2. The van der Waals surface area contributed by atoms with Gasteiger partial charge in [-0.2, -0.15) is 0 Å². The Labute approximate surface area is 154 Å². The number of hydrogen-bond acceptors (Lipinski definition) is 8. The third-order valence-corrected chi connectivity index (χ3v) is 4.35. The van der Waals surface area contributed by atoms with Crippen molar-refractivity contribution in [2.75, 3.05) is 17.5 Å². The summed E-state index contributed by atoms with van der Waals surface area (Å²) in [6.45, 7) is 0.618. The van der Waals surface area contributed by atoms with Crippen LogP contribution in [0.4, 0.5) is 11.6 Å². The van der Waals surface area contributed by atoms with Gasteiger partial charge in [0, 0.05) is 36.4 Å². The highest BCUT2D eigenvalue weighted by molar-refractivity contribution is 5.69. The standard InChI is InChI=1S/C18H16N8O/c1-27-16-5-3-13(8-20-16)14-9-21-17-18(22-14)26(24-23-17)11-12-2-4-15-19-6-7-25(15)10-12/h2-10,24H,11H2,1H3,(H,21,23). The molecule has 0 saturated heterocycles. The van der Waals surface area contributed by atoms with E-state index in [2.05, 4.69) is 25.9 Å². The van der Waals surface area contributed by atoms with Crippen molar-refractivity contribution in [1.82, 2.24) is 29.9 Å². The first kappa shape index (κ1) is 15.5. The Hall–Kier alpha value is -3.72. The normalized spacial score (nSPS) is 12.9. The van der Waals surface area contributed by atoms with Gasteiger partial charge >= 0.3 is 0 Å². The molecule has 2 N–H and O–H groups in total. The van der Waals surface area contributed by atoms with Crippen LogP contribution in [0.15, 0.2) is 55.2 Å². The number of pyridine rings is 2. The second-order valence-corrected chi connectivity index (χ2v) is 6.07. The Morgan fingerprint density at radius 2 is 2.04 bits per heavy atom. The van der Waals surface area contributed by atoms with Crippen molar-refractivity contribution in [2.45, 2.75) is 6.54 Å². The fourth-order valence-electron chi connectivity index (χ4n) is 2.98. The minimum Gasteiger partial charge on any atom is -0.481 e. The number of nitrogens with zero attached hydrogens (tertiary/aromatic N) is 6. The lowest BCUT2D eigenvalue weighted by molar-refractivity contribution is 0.398. The van der Waals surface area contributed by atoms with Gasteiger partial charge in [0.05, 0.1) is 25.5 Å². The van der Waals surface area contributed by atoms with E-state index in [1.54, 1.807) is 31.8 Å².